The van der Waals surface area contributed by atoms with Crippen LogP contribution in [0.25, 0.3) is 11.6 Å². The fourth-order valence-corrected chi connectivity index (χ4v) is 7.46. The van der Waals surface area contributed by atoms with E-state index in [9.17, 15) is 24.8 Å². The Morgan fingerprint density at radius 3 is 2.61 bits per heavy atom. The second-order valence-electron chi connectivity index (χ2n) is 11.6. The third-order valence-electron chi connectivity index (χ3n) is 9.00. The topological polar surface area (TPSA) is 110 Å². The summed E-state index contributed by atoms with van der Waals surface area (Å²) in [5.74, 6) is -1.66. The van der Waals surface area contributed by atoms with Gasteiger partial charge in [-0.1, -0.05) is 71.2 Å². The lowest BCUT2D eigenvalue weighted by atomic mass is 9.68. The van der Waals surface area contributed by atoms with Gasteiger partial charge < -0.3 is 9.84 Å². The van der Waals surface area contributed by atoms with Crippen LogP contribution in [-0.2, 0) is 14.3 Å². The molecule has 2 aliphatic heterocycles. The van der Waals surface area contributed by atoms with Crippen molar-refractivity contribution < 1.29 is 24.4 Å². The van der Waals surface area contributed by atoms with Crippen molar-refractivity contribution in [3.8, 4) is 5.75 Å². The smallest absolute Gasteiger partial charge is 0.271 e. The highest BCUT2D eigenvalue weighted by Crippen LogP contribution is 2.51. The van der Waals surface area contributed by atoms with E-state index >= 15 is 0 Å². The van der Waals surface area contributed by atoms with Gasteiger partial charge in [-0.05, 0) is 72.7 Å². The first-order valence-corrected chi connectivity index (χ1v) is 15.8. The highest BCUT2D eigenvalue weighted by molar-refractivity contribution is 9.10. The number of fused-ring (bicyclic) bond motifs is 3. The largest absolute Gasteiger partial charge is 0.507 e. The molecule has 0 saturated carbocycles. The normalized spacial score (nSPS) is 23.2. The monoisotopic (exact) mass is 656 g/mol. The van der Waals surface area contributed by atoms with Crippen molar-refractivity contribution in [3.05, 3.63) is 110 Å². The molecule has 0 aromatic heterocycles. The first-order chi connectivity index (χ1) is 21.3. The van der Waals surface area contributed by atoms with Crippen molar-refractivity contribution in [2.75, 3.05) is 11.5 Å². The molecule has 9 heteroatoms. The molecule has 3 aliphatic rings. The van der Waals surface area contributed by atoms with Crippen LogP contribution in [0.1, 0.15) is 50.2 Å². The number of nitrogens with zero attached hydrogens (tertiary/aromatic N) is 2. The molecular formula is C35H33BrN2O6. The molecule has 2 saturated heterocycles. The van der Waals surface area contributed by atoms with Gasteiger partial charge in [-0.3, -0.25) is 19.7 Å². The van der Waals surface area contributed by atoms with E-state index in [-0.39, 0.29) is 41.0 Å². The summed E-state index contributed by atoms with van der Waals surface area (Å²) in [4.78, 5) is 39.6. The molecule has 0 radical (unpaired) electrons. The number of imide groups is 1. The van der Waals surface area contributed by atoms with Gasteiger partial charge in [0.2, 0.25) is 11.8 Å². The van der Waals surface area contributed by atoms with Gasteiger partial charge in [0.05, 0.1) is 35.2 Å². The van der Waals surface area contributed by atoms with Crippen molar-refractivity contribution >= 4 is 50.8 Å². The minimum absolute atomic E-state index is 0.161. The van der Waals surface area contributed by atoms with Gasteiger partial charge in [0.15, 0.2) is 0 Å². The van der Waals surface area contributed by atoms with Gasteiger partial charge in [-0.15, -0.1) is 0 Å². The van der Waals surface area contributed by atoms with Crippen LogP contribution in [-0.4, -0.2) is 34.6 Å². The second kappa shape index (κ2) is 12.5. The van der Waals surface area contributed by atoms with E-state index in [1.54, 1.807) is 18.2 Å². The lowest BCUT2D eigenvalue weighted by Crippen LogP contribution is -2.34. The van der Waals surface area contributed by atoms with Crippen LogP contribution in [0.2, 0.25) is 0 Å². The molecule has 2 fully saturated rings. The third-order valence-corrected chi connectivity index (χ3v) is 9.49. The highest BCUT2D eigenvalue weighted by atomic mass is 79.9. The summed E-state index contributed by atoms with van der Waals surface area (Å²) in [5, 5.41) is 21.9. The van der Waals surface area contributed by atoms with Crippen LogP contribution >= 0.6 is 15.9 Å². The Kier molecular flexibility index (Phi) is 8.51. The minimum atomic E-state index is -0.551. The number of allylic oxidation sites excluding steroid dienone is 2. The Labute approximate surface area is 264 Å². The van der Waals surface area contributed by atoms with Crippen molar-refractivity contribution in [3.63, 3.8) is 0 Å². The number of hydrogen-bond donors (Lipinski definition) is 1. The number of carbonyl (C=O) groups excluding carboxylic acids is 2. The van der Waals surface area contributed by atoms with E-state index in [1.807, 2.05) is 30.3 Å². The summed E-state index contributed by atoms with van der Waals surface area (Å²) in [6, 6.07) is 21.1. The fourth-order valence-electron chi connectivity index (χ4n) is 7.08. The summed E-state index contributed by atoms with van der Waals surface area (Å²) in [6.45, 7) is 2.46. The number of nitro benzene ring substituents is 1. The zero-order valence-electron chi connectivity index (χ0n) is 24.3. The number of benzene rings is 3. The first-order valence-electron chi connectivity index (χ1n) is 15.0. The highest BCUT2D eigenvalue weighted by Gasteiger charge is 2.57. The average molecular weight is 658 g/mol. The lowest BCUT2D eigenvalue weighted by Gasteiger charge is -2.32. The molecule has 226 valence electrons. The number of nitro groups is 1. The zero-order chi connectivity index (χ0) is 31.0. The number of phenolic OH excluding ortho intramolecular Hbond substituents is 1. The van der Waals surface area contributed by atoms with Gasteiger partial charge in [0, 0.05) is 28.1 Å². The summed E-state index contributed by atoms with van der Waals surface area (Å²) in [5.41, 5.74) is 5.24. The molecule has 1 aliphatic carbocycles. The van der Waals surface area contributed by atoms with Gasteiger partial charge >= 0.3 is 0 Å². The Bertz CT molecular complexity index is 1680. The van der Waals surface area contributed by atoms with Crippen molar-refractivity contribution in [2.24, 2.45) is 17.8 Å². The summed E-state index contributed by atoms with van der Waals surface area (Å²) in [7, 11) is 0. The Morgan fingerprint density at radius 2 is 1.86 bits per heavy atom. The van der Waals surface area contributed by atoms with E-state index in [4.69, 9.17) is 4.74 Å². The van der Waals surface area contributed by atoms with Gasteiger partial charge in [-0.2, -0.15) is 0 Å². The number of hydrogen-bond acceptors (Lipinski definition) is 6. The summed E-state index contributed by atoms with van der Waals surface area (Å²) >= 11 is 3.50. The van der Waals surface area contributed by atoms with Crippen LogP contribution in [0.15, 0.2) is 88.4 Å². The van der Waals surface area contributed by atoms with Crippen LogP contribution in [0.5, 0.6) is 5.75 Å². The Balaban J connectivity index is 1.29. The molecule has 0 unspecified atom stereocenters. The molecule has 0 spiro atoms. The molecule has 6 rings (SSSR count). The number of phenols is 1. The zero-order valence-corrected chi connectivity index (χ0v) is 25.9. The van der Waals surface area contributed by atoms with Gasteiger partial charge in [-0.25, -0.2) is 4.90 Å². The summed E-state index contributed by atoms with van der Waals surface area (Å²) < 4.78 is 7.30. The number of amides is 2. The molecule has 3 aromatic carbocycles. The standard InChI is InChI=1S/C35H33BrN2O6/c1-2-7-23-18-28-33(35(41)37(34(28)40)26-10-6-11-27(19-26)38(42)43)29-20-44-31(32(23)29)15-12-22(21-8-4-3-5-9-21)16-24-17-25(36)13-14-30(24)39/h3-6,8-11,13-14,16-17,19,28-29,31,33,39H,2,7,12,15,18,20H2,1H3/b22-16-/t28-,29+,31-,33-/m1/s1. The van der Waals surface area contributed by atoms with Crippen LogP contribution in [0, 0.1) is 27.9 Å². The molecule has 1 N–H and O–H groups in total. The van der Waals surface area contributed by atoms with Gasteiger partial charge in [0.25, 0.3) is 5.69 Å². The maximum atomic E-state index is 13.9. The first kappa shape index (κ1) is 30.0. The fraction of sp³-hybridized carbons (Fsp3) is 0.314. The molecule has 2 amide bonds. The Hall–Kier alpha value is -4.08. The SMILES string of the molecule is CCCC1=C2[C@@H](CC/C(=C/c3cc(Br)ccc3O)c3ccccc3)OC[C@@H]2[C@@H]2C(=O)N(c3cccc([N+](=O)[O-])c3)C(=O)[C@@H]2C1. The van der Waals surface area contributed by atoms with Crippen molar-refractivity contribution in [1.29, 1.82) is 0 Å². The lowest BCUT2D eigenvalue weighted by molar-refractivity contribution is -0.384. The van der Waals surface area contributed by atoms with E-state index < -0.39 is 16.8 Å². The maximum Gasteiger partial charge on any atom is 0.271 e. The predicted molar refractivity (Wildman–Crippen MR) is 172 cm³/mol. The van der Waals surface area contributed by atoms with Crippen LogP contribution < -0.4 is 4.90 Å². The van der Waals surface area contributed by atoms with Gasteiger partial charge in [0.1, 0.15) is 5.75 Å². The molecule has 44 heavy (non-hydrogen) atoms. The molecule has 8 nitrogen and oxygen atoms in total. The van der Waals surface area contributed by atoms with E-state index in [1.165, 1.54) is 23.8 Å². The van der Waals surface area contributed by atoms with Crippen molar-refractivity contribution in [1.82, 2.24) is 0 Å². The van der Waals surface area contributed by atoms with E-state index in [2.05, 4.69) is 35.0 Å². The number of halogens is 1. The molecule has 3 aromatic rings. The number of aromatic hydroxyl groups is 1. The van der Waals surface area contributed by atoms with Crippen LogP contribution in [0.4, 0.5) is 11.4 Å². The van der Waals surface area contributed by atoms with E-state index in [0.717, 1.165) is 38.9 Å². The number of carbonyl (C=O) groups is 2. The maximum absolute atomic E-state index is 13.9. The number of rotatable bonds is 9. The Morgan fingerprint density at radius 1 is 1.07 bits per heavy atom. The molecule has 2 heterocycles. The van der Waals surface area contributed by atoms with Crippen LogP contribution in [0.3, 0.4) is 0 Å². The van der Waals surface area contributed by atoms with Crippen molar-refractivity contribution in [2.45, 2.75) is 45.1 Å². The predicted octanol–water partition coefficient (Wildman–Crippen LogP) is 7.70. The molecule has 4 atom stereocenters. The average Bonchev–Trinajstić information content (AvgIpc) is 3.55. The molecular weight excluding hydrogens is 624 g/mol. The number of non-ortho nitro benzene ring substituents is 1. The summed E-state index contributed by atoms with van der Waals surface area (Å²) in [6.07, 6.45) is 5.40. The quantitative estimate of drug-likeness (QED) is 0.0831. The second-order valence-corrected chi connectivity index (χ2v) is 12.6. The number of anilines is 1. The van der Waals surface area contributed by atoms with E-state index in [0.29, 0.717) is 31.4 Å². The number of ether oxygens (including phenoxy) is 1. The molecule has 0 bridgehead atoms. The minimum Gasteiger partial charge on any atom is -0.507 e. The third kappa shape index (κ3) is 5.62.